The quantitative estimate of drug-likeness (QED) is 0.170. The van der Waals surface area contributed by atoms with Crippen molar-refractivity contribution in [3.63, 3.8) is 0 Å². The second-order valence-electron chi connectivity index (χ2n) is 14.4. The number of benzene rings is 8. The van der Waals surface area contributed by atoms with Gasteiger partial charge < -0.3 is 0 Å². The van der Waals surface area contributed by atoms with E-state index in [1.165, 1.54) is 59.1 Å². The zero-order chi connectivity index (χ0) is 37.1. The Balaban J connectivity index is 1.20. The van der Waals surface area contributed by atoms with E-state index in [9.17, 15) is 0 Å². The van der Waals surface area contributed by atoms with Crippen molar-refractivity contribution in [2.45, 2.75) is 5.41 Å². The maximum atomic E-state index is 5.46. The zero-order valence-corrected chi connectivity index (χ0v) is 31.2. The molecule has 2 nitrogen and oxygen atoms in total. The summed E-state index contributed by atoms with van der Waals surface area (Å²) in [6.45, 7) is 0. The molecule has 0 N–H and O–H groups in total. The van der Waals surface area contributed by atoms with Crippen molar-refractivity contribution in [3.05, 3.63) is 229 Å². The molecule has 0 unspecified atom stereocenters. The van der Waals surface area contributed by atoms with Crippen LogP contribution >= 0.6 is 11.3 Å². The predicted octanol–water partition coefficient (Wildman–Crippen LogP) is 13.9. The van der Waals surface area contributed by atoms with Gasteiger partial charge in [-0.2, -0.15) is 0 Å². The molecule has 0 atom stereocenters. The Morgan fingerprint density at radius 1 is 0.375 bits per heavy atom. The van der Waals surface area contributed by atoms with Gasteiger partial charge in [-0.3, -0.25) is 0 Å². The normalized spacial score (nSPS) is 12.8. The van der Waals surface area contributed by atoms with Crippen LogP contribution in [0.3, 0.4) is 0 Å². The summed E-state index contributed by atoms with van der Waals surface area (Å²) in [7, 11) is 0. The molecule has 0 saturated carbocycles. The summed E-state index contributed by atoms with van der Waals surface area (Å²) in [4.78, 5) is 10.9. The molecule has 10 aromatic rings. The maximum Gasteiger partial charge on any atom is 0.160 e. The smallest absolute Gasteiger partial charge is 0.160 e. The fourth-order valence-electron chi connectivity index (χ4n) is 9.06. The van der Waals surface area contributed by atoms with Crippen LogP contribution in [0.15, 0.2) is 206 Å². The fraction of sp³-hybridized carbons (Fsp3) is 0.0189. The van der Waals surface area contributed by atoms with Gasteiger partial charge in [-0.1, -0.05) is 194 Å². The first-order valence-electron chi connectivity index (χ1n) is 19.1. The van der Waals surface area contributed by atoms with Gasteiger partial charge >= 0.3 is 0 Å². The zero-order valence-electron chi connectivity index (χ0n) is 30.4. The van der Waals surface area contributed by atoms with Gasteiger partial charge in [0.1, 0.15) is 0 Å². The SMILES string of the molecule is c1ccc(-c2nc(-c3ccccc3-c3cccc4c3sc3ccccc34)cc(-c3cccc4c3C(c3ccccc3)(c3ccccc3)c3ccccc3-4)n2)cc1. The van der Waals surface area contributed by atoms with Crippen molar-refractivity contribution in [2.75, 3.05) is 0 Å². The fourth-order valence-corrected chi connectivity index (χ4v) is 10.3. The van der Waals surface area contributed by atoms with Crippen LogP contribution < -0.4 is 0 Å². The molecule has 0 saturated heterocycles. The Morgan fingerprint density at radius 2 is 0.893 bits per heavy atom. The standard InChI is InChI=1S/C53H34N2S/c1-4-18-35(19-5-1)52-54-47(40-26-11-10-24-38(40)43-29-17-30-44-41-27-13-15-33-49(41)56-51(43)44)34-48(55-52)45-31-16-28-42-39-25-12-14-32-46(39)53(50(42)45,36-20-6-2-7-21-36)37-22-8-3-9-23-37/h1-34H. The molecule has 0 fully saturated rings. The van der Waals surface area contributed by atoms with Crippen LogP contribution in [0, 0.1) is 0 Å². The van der Waals surface area contributed by atoms with E-state index in [4.69, 9.17) is 9.97 Å². The lowest BCUT2D eigenvalue weighted by Crippen LogP contribution is -2.29. The number of fused-ring (bicyclic) bond motifs is 6. The second-order valence-corrected chi connectivity index (χ2v) is 15.5. The summed E-state index contributed by atoms with van der Waals surface area (Å²) >= 11 is 1.86. The van der Waals surface area contributed by atoms with Gasteiger partial charge in [0.2, 0.25) is 0 Å². The minimum atomic E-state index is -0.572. The van der Waals surface area contributed by atoms with Crippen molar-refractivity contribution in [1.29, 1.82) is 0 Å². The van der Waals surface area contributed by atoms with E-state index in [1.807, 2.05) is 17.4 Å². The Hall–Kier alpha value is -6.94. The molecule has 0 amide bonds. The predicted molar refractivity (Wildman–Crippen MR) is 234 cm³/mol. The summed E-state index contributed by atoms with van der Waals surface area (Å²) in [5.41, 5.74) is 14.2. The number of aromatic nitrogens is 2. The minimum Gasteiger partial charge on any atom is -0.228 e. The summed E-state index contributed by atoms with van der Waals surface area (Å²) in [6.07, 6.45) is 0. The van der Waals surface area contributed by atoms with Crippen molar-refractivity contribution >= 4 is 31.5 Å². The molecule has 2 aromatic heterocycles. The Morgan fingerprint density at radius 3 is 1.64 bits per heavy atom. The lowest BCUT2D eigenvalue weighted by molar-refractivity contribution is 0.769. The third kappa shape index (κ3) is 4.95. The van der Waals surface area contributed by atoms with Gasteiger partial charge in [0.05, 0.1) is 16.8 Å². The average molecular weight is 731 g/mol. The average Bonchev–Trinajstić information content (AvgIpc) is 3.82. The van der Waals surface area contributed by atoms with Gasteiger partial charge in [0, 0.05) is 42.4 Å². The van der Waals surface area contributed by atoms with Gasteiger partial charge in [-0.15, -0.1) is 11.3 Å². The van der Waals surface area contributed by atoms with Gasteiger partial charge in [-0.05, 0) is 51.1 Å². The number of thiophene rings is 1. The van der Waals surface area contributed by atoms with Gasteiger partial charge in [0.25, 0.3) is 0 Å². The number of rotatable bonds is 6. The van der Waals surface area contributed by atoms with Crippen LogP contribution in [0.1, 0.15) is 22.3 Å². The largest absolute Gasteiger partial charge is 0.228 e. The van der Waals surface area contributed by atoms with Crippen molar-refractivity contribution < 1.29 is 0 Å². The molecular formula is C53H34N2S. The topological polar surface area (TPSA) is 25.8 Å². The van der Waals surface area contributed by atoms with Crippen LogP contribution in [0.5, 0.6) is 0 Å². The highest BCUT2D eigenvalue weighted by Crippen LogP contribution is 2.58. The Bertz CT molecular complexity index is 3040. The van der Waals surface area contributed by atoms with E-state index in [0.717, 1.165) is 33.6 Å². The van der Waals surface area contributed by atoms with E-state index in [1.54, 1.807) is 0 Å². The van der Waals surface area contributed by atoms with E-state index in [-0.39, 0.29) is 0 Å². The monoisotopic (exact) mass is 730 g/mol. The first kappa shape index (κ1) is 32.5. The maximum absolute atomic E-state index is 5.46. The lowest BCUT2D eigenvalue weighted by Gasteiger charge is -2.35. The lowest BCUT2D eigenvalue weighted by atomic mass is 9.66. The first-order valence-corrected chi connectivity index (χ1v) is 19.9. The van der Waals surface area contributed by atoms with E-state index < -0.39 is 5.41 Å². The molecule has 8 aromatic carbocycles. The molecule has 3 heteroatoms. The molecule has 1 aliphatic carbocycles. The molecule has 262 valence electrons. The first-order chi connectivity index (χ1) is 27.8. The van der Waals surface area contributed by atoms with E-state index in [2.05, 4.69) is 200 Å². The van der Waals surface area contributed by atoms with Crippen molar-refractivity contribution in [3.8, 4) is 56.2 Å². The van der Waals surface area contributed by atoms with E-state index in [0.29, 0.717) is 5.82 Å². The van der Waals surface area contributed by atoms with Crippen LogP contribution in [-0.4, -0.2) is 9.97 Å². The third-order valence-electron chi connectivity index (χ3n) is 11.4. The Kier molecular flexibility index (Phi) is 7.61. The van der Waals surface area contributed by atoms with Crippen LogP contribution in [0.2, 0.25) is 0 Å². The molecule has 2 heterocycles. The number of nitrogens with zero attached hydrogens (tertiary/aromatic N) is 2. The molecule has 0 spiro atoms. The molecule has 0 radical (unpaired) electrons. The van der Waals surface area contributed by atoms with Gasteiger partial charge in [0.15, 0.2) is 5.82 Å². The summed E-state index contributed by atoms with van der Waals surface area (Å²) in [5.74, 6) is 0.700. The molecule has 1 aliphatic rings. The summed E-state index contributed by atoms with van der Waals surface area (Å²) in [5, 5.41) is 2.57. The number of hydrogen-bond acceptors (Lipinski definition) is 3. The molecule has 56 heavy (non-hydrogen) atoms. The van der Waals surface area contributed by atoms with Crippen LogP contribution in [0.25, 0.3) is 76.3 Å². The minimum absolute atomic E-state index is 0.572. The molecule has 0 aliphatic heterocycles. The molecule has 0 bridgehead atoms. The highest BCUT2D eigenvalue weighted by molar-refractivity contribution is 7.26. The number of hydrogen-bond donors (Lipinski definition) is 0. The highest BCUT2D eigenvalue weighted by Gasteiger charge is 2.47. The highest BCUT2D eigenvalue weighted by atomic mass is 32.1. The molecule has 11 rings (SSSR count). The molecular weight excluding hydrogens is 697 g/mol. The van der Waals surface area contributed by atoms with Crippen molar-refractivity contribution in [2.24, 2.45) is 0 Å². The van der Waals surface area contributed by atoms with Crippen LogP contribution in [0.4, 0.5) is 0 Å². The Labute approximate surface area is 330 Å². The third-order valence-corrected chi connectivity index (χ3v) is 12.6. The summed E-state index contributed by atoms with van der Waals surface area (Å²) in [6, 6.07) is 74.4. The second kappa shape index (κ2) is 13.1. The van der Waals surface area contributed by atoms with Crippen molar-refractivity contribution in [1.82, 2.24) is 9.97 Å². The van der Waals surface area contributed by atoms with E-state index >= 15 is 0 Å². The summed E-state index contributed by atoms with van der Waals surface area (Å²) < 4.78 is 2.58. The van der Waals surface area contributed by atoms with Gasteiger partial charge in [-0.25, -0.2) is 9.97 Å². The van der Waals surface area contributed by atoms with Crippen LogP contribution in [-0.2, 0) is 5.41 Å².